The molecule has 5 nitrogen and oxygen atoms in total. The first-order chi connectivity index (χ1) is 11.6. The molecule has 24 heavy (non-hydrogen) atoms. The first-order valence-corrected chi connectivity index (χ1v) is 8.99. The maximum atomic E-state index is 12.9. The Kier molecular flexibility index (Phi) is 5.74. The second-order valence-electron chi connectivity index (χ2n) is 7.07. The minimum atomic E-state index is -0.363. The molecule has 0 aliphatic carbocycles. The van der Waals surface area contributed by atoms with Crippen molar-refractivity contribution in [2.75, 3.05) is 32.8 Å². The molecule has 1 atom stereocenters. The summed E-state index contributed by atoms with van der Waals surface area (Å²) < 4.78 is 11.3. The van der Waals surface area contributed by atoms with E-state index in [1.807, 2.05) is 11.0 Å². The van der Waals surface area contributed by atoms with Gasteiger partial charge in [-0.2, -0.15) is 0 Å². The Balaban J connectivity index is 1.72. The number of ether oxygens (including phenoxy) is 2. The van der Waals surface area contributed by atoms with Gasteiger partial charge in [-0.3, -0.25) is 4.79 Å². The highest BCUT2D eigenvalue weighted by molar-refractivity contribution is 5.81. The van der Waals surface area contributed by atoms with E-state index in [1.165, 1.54) is 5.56 Å². The quantitative estimate of drug-likeness (QED) is 0.896. The van der Waals surface area contributed by atoms with Crippen LogP contribution in [-0.4, -0.2) is 49.8 Å². The maximum Gasteiger partial charge on any atom is 0.253 e. The van der Waals surface area contributed by atoms with Crippen LogP contribution < -0.4 is 10.1 Å². The molecule has 1 aromatic carbocycles. The summed E-state index contributed by atoms with van der Waals surface area (Å²) in [5.41, 5.74) is 2.42. The highest BCUT2D eigenvalue weighted by Gasteiger charge is 2.27. The molecule has 0 aromatic heterocycles. The number of morpholine rings is 1. The molecule has 0 saturated carbocycles. The monoisotopic (exact) mass is 332 g/mol. The Morgan fingerprint density at radius 1 is 1.38 bits per heavy atom. The van der Waals surface area contributed by atoms with Crippen LogP contribution in [-0.2, 0) is 22.5 Å². The highest BCUT2D eigenvalue weighted by atomic mass is 16.5. The molecule has 2 aliphatic heterocycles. The molecule has 2 aliphatic rings. The van der Waals surface area contributed by atoms with E-state index in [0.717, 1.165) is 43.9 Å². The molecule has 1 N–H and O–H groups in total. The number of hydrogen-bond donors (Lipinski definition) is 1. The van der Waals surface area contributed by atoms with Gasteiger partial charge in [0.2, 0.25) is 0 Å². The Morgan fingerprint density at radius 2 is 2.25 bits per heavy atom. The predicted molar refractivity (Wildman–Crippen MR) is 93.1 cm³/mol. The van der Waals surface area contributed by atoms with Gasteiger partial charge in [0.05, 0.1) is 13.2 Å². The number of amides is 1. The van der Waals surface area contributed by atoms with Crippen molar-refractivity contribution in [2.45, 2.75) is 39.3 Å². The van der Waals surface area contributed by atoms with E-state index in [0.29, 0.717) is 25.6 Å². The third kappa shape index (κ3) is 4.28. The van der Waals surface area contributed by atoms with Gasteiger partial charge in [-0.05, 0) is 36.0 Å². The number of aryl methyl sites for hydroxylation is 1. The van der Waals surface area contributed by atoms with Gasteiger partial charge in [-0.15, -0.1) is 0 Å². The number of benzene rings is 1. The lowest BCUT2D eigenvalue weighted by molar-refractivity contribution is -0.146. The van der Waals surface area contributed by atoms with Gasteiger partial charge in [0.25, 0.3) is 5.91 Å². The zero-order valence-electron chi connectivity index (χ0n) is 14.7. The van der Waals surface area contributed by atoms with Crippen molar-refractivity contribution in [3.05, 3.63) is 29.3 Å². The molecular formula is C19H28N2O3. The lowest BCUT2D eigenvalue weighted by Crippen LogP contribution is -2.49. The SMILES string of the molecule is CC(C)CN(Cc1ccc2c(c1)CCCO2)C(=O)C1CNCCO1. The van der Waals surface area contributed by atoms with E-state index in [9.17, 15) is 4.79 Å². The number of fused-ring (bicyclic) bond motifs is 1. The minimum absolute atomic E-state index is 0.0878. The van der Waals surface area contributed by atoms with Gasteiger partial charge < -0.3 is 19.7 Å². The molecule has 1 unspecified atom stereocenters. The van der Waals surface area contributed by atoms with Crippen molar-refractivity contribution in [2.24, 2.45) is 5.92 Å². The first-order valence-electron chi connectivity index (χ1n) is 8.99. The molecular weight excluding hydrogens is 304 g/mol. The molecule has 1 amide bonds. The summed E-state index contributed by atoms with van der Waals surface area (Å²) >= 11 is 0. The largest absolute Gasteiger partial charge is 0.493 e. The number of hydrogen-bond acceptors (Lipinski definition) is 4. The van der Waals surface area contributed by atoms with Crippen molar-refractivity contribution < 1.29 is 14.3 Å². The van der Waals surface area contributed by atoms with Gasteiger partial charge in [0.15, 0.2) is 0 Å². The van der Waals surface area contributed by atoms with Crippen LogP contribution in [0.15, 0.2) is 18.2 Å². The van der Waals surface area contributed by atoms with Crippen molar-refractivity contribution >= 4 is 5.91 Å². The molecule has 1 aromatic rings. The Bertz CT molecular complexity index is 568. The number of carbonyl (C=O) groups excluding carboxylic acids is 1. The number of carbonyl (C=O) groups is 1. The second-order valence-corrected chi connectivity index (χ2v) is 7.07. The van der Waals surface area contributed by atoms with E-state index in [2.05, 4.69) is 31.3 Å². The van der Waals surface area contributed by atoms with Crippen molar-refractivity contribution in [1.29, 1.82) is 0 Å². The minimum Gasteiger partial charge on any atom is -0.493 e. The van der Waals surface area contributed by atoms with E-state index in [-0.39, 0.29) is 12.0 Å². The molecule has 1 fully saturated rings. The van der Waals surface area contributed by atoms with Crippen LogP contribution in [0.4, 0.5) is 0 Å². The molecule has 3 rings (SSSR count). The summed E-state index contributed by atoms with van der Waals surface area (Å²) in [7, 11) is 0. The van der Waals surface area contributed by atoms with Gasteiger partial charge >= 0.3 is 0 Å². The first kappa shape index (κ1) is 17.2. The fraction of sp³-hybridized carbons (Fsp3) is 0.632. The van der Waals surface area contributed by atoms with Crippen molar-refractivity contribution in [1.82, 2.24) is 10.2 Å². The molecule has 0 spiro atoms. The summed E-state index contributed by atoms with van der Waals surface area (Å²) in [4.78, 5) is 14.8. The van der Waals surface area contributed by atoms with Crippen molar-refractivity contribution in [3.63, 3.8) is 0 Å². The number of nitrogens with one attached hydrogen (secondary N) is 1. The summed E-state index contributed by atoms with van der Waals surface area (Å²) in [5, 5.41) is 3.24. The van der Waals surface area contributed by atoms with E-state index in [4.69, 9.17) is 9.47 Å². The summed E-state index contributed by atoms with van der Waals surface area (Å²) in [5.74, 6) is 1.50. The van der Waals surface area contributed by atoms with Crippen LogP contribution in [0.3, 0.4) is 0 Å². The summed E-state index contributed by atoms with van der Waals surface area (Å²) in [6.07, 6.45) is 1.75. The molecule has 0 radical (unpaired) electrons. The number of rotatable bonds is 5. The molecule has 1 saturated heterocycles. The maximum absolute atomic E-state index is 12.9. The van der Waals surface area contributed by atoms with E-state index in [1.54, 1.807) is 0 Å². The van der Waals surface area contributed by atoms with E-state index >= 15 is 0 Å². The molecule has 2 heterocycles. The molecule has 0 bridgehead atoms. The highest BCUT2D eigenvalue weighted by Crippen LogP contribution is 2.26. The topological polar surface area (TPSA) is 50.8 Å². The third-order valence-corrected chi connectivity index (χ3v) is 4.45. The number of nitrogens with zero attached hydrogens (tertiary/aromatic N) is 1. The second kappa shape index (κ2) is 7.99. The zero-order chi connectivity index (χ0) is 16.9. The Morgan fingerprint density at radius 3 is 3.00 bits per heavy atom. The molecule has 5 heteroatoms. The van der Waals surface area contributed by atoms with Gasteiger partial charge in [0.1, 0.15) is 11.9 Å². The van der Waals surface area contributed by atoms with Gasteiger partial charge in [-0.1, -0.05) is 26.0 Å². The fourth-order valence-electron chi connectivity index (χ4n) is 3.33. The van der Waals surface area contributed by atoms with Crippen LogP contribution >= 0.6 is 0 Å². The Labute approximate surface area is 144 Å². The van der Waals surface area contributed by atoms with Crippen molar-refractivity contribution in [3.8, 4) is 5.75 Å². The van der Waals surface area contributed by atoms with Gasteiger partial charge in [0, 0.05) is 26.2 Å². The lowest BCUT2D eigenvalue weighted by Gasteiger charge is -2.31. The average molecular weight is 332 g/mol. The Hall–Kier alpha value is -1.59. The zero-order valence-corrected chi connectivity index (χ0v) is 14.7. The van der Waals surface area contributed by atoms with Gasteiger partial charge in [-0.25, -0.2) is 0 Å². The van der Waals surface area contributed by atoms with Crippen LogP contribution in [0.1, 0.15) is 31.4 Å². The summed E-state index contributed by atoms with van der Waals surface area (Å²) in [6.45, 7) is 8.47. The third-order valence-electron chi connectivity index (χ3n) is 4.45. The predicted octanol–water partition coefficient (Wildman–Crippen LogP) is 1.98. The molecule has 132 valence electrons. The smallest absolute Gasteiger partial charge is 0.253 e. The normalized spacial score (nSPS) is 20.4. The van der Waals surface area contributed by atoms with Crippen LogP contribution in [0.25, 0.3) is 0 Å². The van der Waals surface area contributed by atoms with Crippen LogP contribution in [0.5, 0.6) is 5.75 Å². The average Bonchev–Trinajstić information content (AvgIpc) is 2.61. The fourth-order valence-corrected chi connectivity index (χ4v) is 3.33. The standard InChI is InChI=1S/C19H28N2O3/c1-14(2)12-21(19(22)18-11-20-7-9-24-18)13-15-5-6-17-16(10-15)4-3-8-23-17/h5-6,10,14,18,20H,3-4,7-9,11-13H2,1-2H3. The van der Waals surface area contributed by atoms with E-state index < -0.39 is 0 Å². The van der Waals surface area contributed by atoms with Crippen LogP contribution in [0.2, 0.25) is 0 Å². The lowest BCUT2D eigenvalue weighted by atomic mass is 10.0. The van der Waals surface area contributed by atoms with Crippen LogP contribution in [0, 0.1) is 5.92 Å². The summed E-state index contributed by atoms with van der Waals surface area (Å²) in [6, 6.07) is 6.31.